The van der Waals surface area contributed by atoms with Gasteiger partial charge in [0.05, 0.1) is 19.3 Å². The Bertz CT molecular complexity index is 788. The van der Waals surface area contributed by atoms with E-state index in [1.807, 2.05) is 11.8 Å². The molecular formula is C18H22FN3O2. The van der Waals surface area contributed by atoms with Gasteiger partial charge >= 0.3 is 0 Å². The van der Waals surface area contributed by atoms with E-state index in [9.17, 15) is 9.18 Å². The van der Waals surface area contributed by atoms with Gasteiger partial charge in [-0.25, -0.2) is 4.39 Å². The van der Waals surface area contributed by atoms with Gasteiger partial charge in [0.1, 0.15) is 11.5 Å². The number of halogens is 1. The number of rotatable bonds is 1. The van der Waals surface area contributed by atoms with E-state index in [0.29, 0.717) is 31.4 Å². The van der Waals surface area contributed by atoms with E-state index >= 15 is 0 Å². The highest BCUT2D eigenvalue weighted by Gasteiger charge is 2.36. The van der Waals surface area contributed by atoms with Gasteiger partial charge in [-0.05, 0) is 37.7 Å². The van der Waals surface area contributed by atoms with Gasteiger partial charge in [-0.3, -0.25) is 4.79 Å². The molecule has 24 heavy (non-hydrogen) atoms. The van der Waals surface area contributed by atoms with Crippen LogP contribution in [0.25, 0.3) is 10.9 Å². The van der Waals surface area contributed by atoms with Crippen molar-refractivity contribution in [1.82, 2.24) is 14.8 Å². The largest absolute Gasteiger partial charge is 0.379 e. The van der Waals surface area contributed by atoms with Gasteiger partial charge in [-0.1, -0.05) is 0 Å². The summed E-state index contributed by atoms with van der Waals surface area (Å²) in [6.45, 7) is 5.60. The monoisotopic (exact) mass is 331 g/mol. The Morgan fingerprint density at radius 1 is 1.29 bits per heavy atom. The Hall–Kier alpha value is -1.92. The number of H-pyrrole nitrogens is 1. The molecule has 1 aromatic heterocycles. The van der Waals surface area contributed by atoms with Crippen LogP contribution in [-0.2, 0) is 4.74 Å². The molecule has 128 valence electrons. The smallest absolute Gasteiger partial charge is 0.270 e. The molecular weight excluding hydrogens is 309 g/mol. The summed E-state index contributed by atoms with van der Waals surface area (Å²) >= 11 is 0. The summed E-state index contributed by atoms with van der Waals surface area (Å²) in [6, 6.07) is 4.63. The molecule has 2 fully saturated rings. The average Bonchev–Trinajstić information content (AvgIpc) is 2.68. The molecule has 1 amide bonds. The maximum absolute atomic E-state index is 13.5. The fourth-order valence-electron chi connectivity index (χ4n) is 3.98. The topological polar surface area (TPSA) is 48.6 Å². The van der Waals surface area contributed by atoms with Crippen LogP contribution in [0.4, 0.5) is 4.39 Å². The van der Waals surface area contributed by atoms with Crippen LogP contribution in [0.1, 0.15) is 16.1 Å². The SMILES string of the molecule is Cc1c(C(=O)N2C[C@H]3COC[C@@H]2CN(C)C3)[nH]c2ccc(F)cc12. The van der Waals surface area contributed by atoms with Crippen molar-refractivity contribution in [2.45, 2.75) is 13.0 Å². The van der Waals surface area contributed by atoms with Crippen molar-refractivity contribution in [2.24, 2.45) is 5.92 Å². The number of carbonyl (C=O) groups is 1. The number of benzene rings is 1. The van der Waals surface area contributed by atoms with Gasteiger partial charge in [-0.2, -0.15) is 0 Å². The lowest BCUT2D eigenvalue weighted by Crippen LogP contribution is -2.46. The third-order valence-electron chi connectivity index (χ3n) is 5.15. The fourth-order valence-corrected chi connectivity index (χ4v) is 3.98. The standard InChI is InChI=1S/C18H22FN3O2/c1-11-15-5-13(19)3-4-16(15)20-17(11)18(23)22-7-12-6-21(2)8-14(22)10-24-9-12/h3-5,12,14,20H,6-10H2,1-2H3/t12-,14-/m0/s1. The summed E-state index contributed by atoms with van der Waals surface area (Å²) in [4.78, 5) is 20.6. The third-order valence-corrected chi connectivity index (χ3v) is 5.15. The number of nitrogens with zero attached hydrogens (tertiary/aromatic N) is 2. The van der Waals surface area contributed by atoms with Crippen molar-refractivity contribution in [2.75, 3.05) is 39.9 Å². The first kappa shape index (κ1) is 15.6. The number of hydrogen-bond acceptors (Lipinski definition) is 3. The minimum Gasteiger partial charge on any atom is -0.379 e. The van der Waals surface area contributed by atoms with Crippen LogP contribution in [0.5, 0.6) is 0 Å². The quantitative estimate of drug-likeness (QED) is 0.870. The van der Waals surface area contributed by atoms with Crippen molar-refractivity contribution in [3.05, 3.63) is 35.3 Å². The minimum atomic E-state index is -0.288. The first-order valence-corrected chi connectivity index (χ1v) is 8.38. The van der Waals surface area contributed by atoms with Crippen molar-refractivity contribution in [3.63, 3.8) is 0 Å². The highest BCUT2D eigenvalue weighted by molar-refractivity contribution is 6.01. The predicted molar refractivity (Wildman–Crippen MR) is 89.6 cm³/mol. The molecule has 4 rings (SSSR count). The number of aromatic amines is 1. The van der Waals surface area contributed by atoms with Crippen LogP contribution in [0.3, 0.4) is 0 Å². The molecule has 3 heterocycles. The molecule has 0 radical (unpaired) electrons. The zero-order valence-corrected chi connectivity index (χ0v) is 14.0. The predicted octanol–water partition coefficient (Wildman–Crippen LogP) is 2.02. The van der Waals surface area contributed by atoms with E-state index in [4.69, 9.17) is 4.74 Å². The lowest BCUT2D eigenvalue weighted by atomic mass is 10.1. The second kappa shape index (κ2) is 5.86. The van der Waals surface area contributed by atoms with Crippen LogP contribution in [-0.4, -0.2) is 66.6 Å². The summed E-state index contributed by atoms with van der Waals surface area (Å²) in [5.41, 5.74) is 2.16. The number of likely N-dealkylation sites (N-methyl/N-ethyl adjacent to an activating group) is 1. The molecule has 1 aromatic carbocycles. The van der Waals surface area contributed by atoms with Crippen LogP contribution in [0, 0.1) is 18.7 Å². The second-order valence-electron chi connectivity index (χ2n) is 7.05. The Morgan fingerprint density at radius 2 is 2.12 bits per heavy atom. The lowest BCUT2D eigenvalue weighted by Gasteiger charge is -2.29. The van der Waals surface area contributed by atoms with Crippen molar-refractivity contribution >= 4 is 16.8 Å². The Kier molecular flexibility index (Phi) is 3.81. The molecule has 0 saturated carbocycles. The lowest BCUT2D eigenvalue weighted by molar-refractivity contribution is 0.0480. The summed E-state index contributed by atoms with van der Waals surface area (Å²) in [6.07, 6.45) is 0. The van der Waals surface area contributed by atoms with Gasteiger partial charge in [0.25, 0.3) is 5.91 Å². The van der Waals surface area contributed by atoms with E-state index in [2.05, 4.69) is 16.9 Å². The van der Waals surface area contributed by atoms with Crippen LogP contribution < -0.4 is 0 Å². The van der Waals surface area contributed by atoms with Crippen molar-refractivity contribution < 1.29 is 13.9 Å². The number of nitrogens with one attached hydrogen (secondary N) is 1. The second-order valence-corrected chi connectivity index (χ2v) is 7.05. The van der Waals surface area contributed by atoms with Gasteiger partial charge in [0.2, 0.25) is 0 Å². The van der Waals surface area contributed by atoms with Gasteiger partial charge in [0.15, 0.2) is 0 Å². The number of aromatic nitrogens is 1. The van der Waals surface area contributed by atoms with Crippen LogP contribution in [0.15, 0.2) is 18.2 Å². The zero-order valence-electron chi connectivity index (χ0n) is 14.0. The molecule has 2 aromatic rings. The zero-order chi connectivity index (χ0) is 16.8. The van der Waals surface area contributed by atoms with Gasteiger partial charge in [0, 0.05) is 36.5 Å². The summed E-state index contributed by atoms with van der Waals surface area (Å²) in [5, 5.41) is 0.768. The number of hydrogen-bond donors (Lipinski definition) is 1. The molecule has 0 aliphatic carbocycles. The molecule has 2 aliphatic rings. The maximum Gasteiger partial charge on any atom is 0.270 e. The molecule has 0 unspecified atom stereocenters. The highest BCUT2D eigenvalue weighted by Crippen LogP contribution is 2.26. The molecule has 6 heteroatoms. The van der Waals surface area contributed by atoms with Crippen LogP contribution in [0.2, 0.25) is 0 Å². The van der Waals surface area contributed by atoms with E-state index < -0.39 is 0 Å². The number of ether oxygens (including phenoxy) is 1. The summed E-state index contributed by atoms with van der Waals surface area (Å²) in [5.74, 6) is 0.0257. The highest BCUT2D eigenvalue weighted by atomic mass is 19.1. The number of amides is 1. The molecule has 2 aliphatic heterocycles. The van der Waals surface area contributed by atoms with Gasteiger partial charge in [-0.15, -0.1) is 0 Å². The van der Waals surface area contributed by atoms with Crippen molar-refractivity contribution in [1.29, 1.82) is 0 Å². The maximum atomic E-state index is 13.5. The summed E-state index contributed by atoms with van der Waals surface area (Å²) < 4.78 is 19.3. The number of carbonyl (C=O) groups excluding carboxylic acids is 1. The fraction of sp³-hybridized carbons (Fsp3) is 0.500. The van der Waals surface area contributed by atoms with Gasteiger partial charge < -0.3 is 19.5 Å². The Morgan fingerprint density at radius 3 is 2.96 bits per heavy atom. The number of fused-ring (bicyclic) bond motifs is 4. The van der Waals surface area contributed by atoms with Crippen LogP contribution >= 0.6 is 0 Å². The molecule has 2 saturated heterocycles. The normalized spacial score (nSPS) is 25.0. The molecule has 0 spiro atoms. The summed E-state index contributed by atoms with van der Waals surface area (Å²) in [7, 11) is 2.09. The molecule has 2 bridgehead atoms. The number of aryl methyl sites for hydroxylation is 1. The average molecular weight is 331 g/mol. The third kappa shape index (κ3) is 2.59. The molecule has 1 N–H and O–H groups in total. The Balaban J connectivity index is 1.71. The van der Waals surface area contributed by atoms with E-state index in [-0.39, 0.29) is 17.8 Å². The first-order chi connectivity index (χ1) is 11.5. The van der Waals surface area contributed by atoms with E-state index in [1.165, 1.54) is 12.1 Å². The van der Waals surface area contributed by atoms with E-state index in [1.54, 1.807) is 6.07 Å². The van der Waals surface area contributed by atoms with E-state index in [0.717, 1.165) is 29.6 Å². The first-order valence-electron chi connectivity index (χ1n) is 8.38. The Labute approximate surface area is 140 Å². The molecule has 5 nitrogen and oxygen atoms in total. The molecule has 2 atom stereocenters. The van der Waals surface area contributed by atoms with Crippen molar-refractivity contribution in [3.8, 4) is 0 Å². The minimum absolute atomic E-state index is 0.0140.